The molecule has 1 heterocycles. The summed E-state index contributed by atoms with van der Waals surface area (Å²) in [4.78, 5) is 12.2. The average molecular weight is 376 g/mol. The van der Waals surface area contributed by atoms with Crippen LogP contribution in [0.4, 0.5) is 0 Å². The molecule has 1 aliphatic heterocycles. The first-order valence-electron chi connectivity index (χ1n) is 11.4. The Hall–Kier alpha value is -0.650. The van der Waals surface area contributed by atoms with Crippen molar-refractivity contribution in [2.75, 3.05) is 0 Å². The Morgan fingerprint density at radius 3 is 1.96 bits per heavy atom. The molecule has 0 aromatic heterocycles. The van der Waals surface area contributed by atoms with Crippen LogP contribution in [0, 0.1) is 35.5 Å². The van der Waals surface area contributed by atoms with Gasteiger partial charge in [0.2, 0.25) is 11.6 Å². The van der Waals surface area contributed by atoms with Crippen molar-refractivity contribution in [1.82, 2.24) is 0 Å². The van der Waals surface area contributed by atoms with Gasteiger partial charge in [-0.15, -0.1) is 0 Å². The van der Waals surface area contributed by atoms with Crippen molar-refractivity contribution in [2.24, 2.45) is 40.7 Å². The van der Waals surface area contributed by atoms with E-state index >= 15 is 0 Å². The van der Waals surface area contributed by atoms with Crippen LogP contribution in [0.1, 0.15) is 83.5 Å². The fourth-order valence-corrected chi connectivity index (χ4v) is 7.89. The lowest BCUT2D eigenvalue weighted by atomic mass is 9.53. The van der Waals surface area contributed by atoms with Crippen LogP contribution in [0.3, 0.4) is 0 Å². The second-order valence-corrected chi connectivity index (χ2v) is 10.5. The molecule has 7 fully saturated rings. The van der Waals surface area contributed by atoms with Crippen molar-refractivity contribution in [3.05, 3.63) is 0 Å². The van der Waals surface area contributed by atoms with E-state index in [1.54, 1.807) is 0 Å². The topological polar surface area (TPSA) is 60.3 Å². The van der Waals surface area contributed by atoms with Crippen LogP contribution in [0.5, 0.6) is 0 Å². The van der Waals surface area contributed by atoms with Crippen molar-refractivity contribution >= 4 is 5.71 Å². The van der Waals surface area contributed by atoms with Gasteiger partial charge in [0.05, 0.1) is 5.71 Å². The number of nitrogens with zero attached hydrogens (tertiary/aromatic N) is 1. The summed E-state index contributed by atoms with van der Waals surface area (Å²) in [6.07, 6.45) is 15.2. The number of oxime groups is 1. The summed E-state index contributed by atoms with van der Waals surface area (Å²) in [5, 5.41) is 12.4. The SMILES string of the molecule is ON=C1CCC([C@H]2CC[C@]3(CC2)OO[C@]2(O3)C3CC4CC(C3)CC2C4)CC1. The Morgan fingerprint density at radius 2 is 1.37 bits per heavy atom. The molecule has 7 aliphatic rings. The summed E-state index contributed by atoms with van der Waals surface area (Å²) >= 11 is 0. The van der Waals surface area contributed by atoms with Crippen LogP contribution in [-0.4, -0.2) is 22.5 Å². The van der Waals surface area contributed by atoms with Crippen molar-refractivity contribution < 1.29 is 19.7 Å². The van der Waals surface area contributed by atoms with Crippen LogP contribution in [-0.2, 0) is 14.5 Å². The summed E-state index contributed by atoms with van der Waals surface area (Å²) < 4.78 is 6.83. The van der Waals surface area contributed by atoms with Crippen molar-refractivity contribution in [3.8, 4) is 0 Å². The molecule has 6 aliphatic carbocycles. The molecular weight excluding hydrogens is 342 g/mol. The highest BCUT2D eigenvalue weighted by Crippen LogP contribution is 2.64. The third-order valence-corrected chi connectivity index (χ3v) is 9.15. The lowest BCUT2D eigenvalue weighted by Gasteiger charge is -2.57. The summed E-state index contributed by atoms with van der Waals surface area (Å²) in [6, 6.07) is 0. The zero-order chi connectivity index (χ0) is 18.1. The van der Waals surface area contributed by atoms with Gasteiger partial charge in [0.25, 0.3) is 0 Å². The maximum atomic E-state index is 8.98. The molecule has 27 heavy (non-hydrogen) atoms. The molecule has 150 valence electrons. The maximum Gasteiger partial charge on any atom is 0.210 e. The van der Waals surface area contributed by atoms with Crippen LogP contribution in [0.15, 0.2) is 5.16 Å². The smallest absolute Gasteiger partial charge is 0.210 e. The summed E-state index contributed by atoms with van der Waals surface area (Å²) in [5.74, 6) is 3.58. The van der Waals surface area contributed by atoms with Gasteiger partial charge in [-0.3, -0.25) is 0 Å². The predicted molar refractivity (Wildman–Crippen MR) is 98.9 cm³/mol. The molecule has 5 nitrogen and oxygen atoms in total. The number of hydrogen-bond donors (Lipinski definition) is 1. The second kappa shape index (κ2) is 6.17. The molecule has 4 bridgehead atoms. The molecular formula is C22H33NO4. The standard InChI is InChI=1S/C22H33NO4/c24-23-20-3-1-16(2-4-20)17-5-7-21(8-6-17)25-22(27-26-21)18-10-14-9-15(12-18)13-19(22)11-14/h14-19,24H,1-13H2/t14?,15?,16?,17-,18?,19?,21+,22-. The van der Waals surface area contributed by atoms with E-state index in [-0.39, 0.29) is 0 Å². The molecule has 0 aromatic rings. The fourth-order valence-electron chi connectivity index (χ4n) is 7.89. The third-order valence-electron chi connectivity index (χ3n) is 9.15. The zero-order valence-corrected chi connectivity index (χ0v) is 16.3. The molecule has 1 saturated heterocycles. The van der Waals surface area contributed by atoms with Crippen molar-refractivity contribution in [3.63, 3.8) is 0 Å². The molecule has 0 aromatic carbocycles. The third kappa shape index (κ3) is 2.64. The van der Waals surface area contributed by atoms with E-state index < -0.39 is 11.6 Å². The highest BCUT2D eigenvalue weighted by molar-refractivity contribution is 5.84. The first-order chi connectivity index (χ1) is 13.2. The van der Waals surface area contributed by atoms with Crippen LogP contribution < -0.4 is 0 Å². The van der Waals surface area contributed by atoms with Gasteiger partial charge in [-0.1, -0.05) is 5.16 Å². The normalized spacial score (nSPS) is 54.1. The number of hydrogen-bond acceptors (Lipinski definition) is 5. The molecule has 1 N–H and O–H groups in total. The van der Waals surface area contributed by atoms with Gasteiger partial charge in [0.15, 0.2) is 0 Å². The Morgan fingerprint density at radius 1 is 0.778 bits per heavy atom. The molecule has 7 rings (SSSR count). The molecule has 0 amide bonds. The largest absolute Gasteiger partial charge is 0.411 e. The first-order valence-corrected chi connectivity index (χ1v) is 11.4. The van der Waals surface area contributed by atoms with E-state index in [9.17, 15) is 0 Å². The summed E-state index contributed by atoms with van der Waals surface area (Å²) in [7, 11) is 0. The number of rotatable bonds is 1. The molecule has 0 radical (unpaired) electrons. The molecule has 0 unspecified atom stereocenters. The Bertz CT molecular complexity index is 586. The van der Waals surface area contributed by atoms with E-state index in [0.717, 1.165) is 55.1 Å². The van der Waals surface area contributed by atoms with E-state index in [0.29, 0.717) is 11.8 Å². The van der Waals surface area contributed by atoms with Gasteiger partial charge in [-0.2, -0.15) is 9.78 Å². The highest BCUT2D eigenvalue weighted by atomic mass is 17.3. The Kier molecular flexibility index (Phi) is 3.94. The summed E-state index contributed by atoms with van der Waals surface area (Å²) in [6.45, 7) is 0. The van der Waals surface area contributed by atoms with Gasteiger partial charge < -0.3 is 9.94 Å². The van der Waals surface area contributed by atoms with Gasteiger partial charge in [0, 0.05) is 24.7 Å². The average Bonchev–Trinajstić information content (AvgIpc) is 3.07. The van der Waals surface area contributed by atoms with E-state index in [1.807, 2.05) is 0 Å². The van der Waals surface area contributed by atoms with E-state index in [4.69, 9.17) is 19.7 Å². The monoisotopic (exact) mass is 375 g/mol. The van der Waals surface area contributed by atoms with Gasteiger partial charge in [-0.25, -0.2) is 0 Å². The van der Waals surface area contributed by atoms with Crippen molar-refractivity contribution in [2.45, 2.75) is 95.0 Å². The molecule has 2 spiro atoms. The predicted octanol–water partition coefficient (Wildman–Crippen LogP) is 5.02. The van der Waals surface area contributed by atoms with Gasteiger partial charge in [-0.05, 0) is 94.3 Å². The van der Waals surface area contributed by atoms with E-state index in [2.05, 4.69) is 5.16 Å². The van der Waals surface area contributed by atoms with Crippen LogP contribution in [0.25, 0.3) is 0 Å². The molecule has 5 heteroatoms. The second-order valence-electron chi connectivity index (χ2n) is 10.5. The Balaban J connectivity index is 1.11. The minimum atomic E-state index is -0.474. The quantitative estimate of drug-likeness (QED) is 0.397. The highest BCUT2D eigenvalue weighted by Gasteiger charge is 2.66. The Labute approximate surface area is 161 Å². The van der Waals surface area contributed by atoms with E-state index in [1.165, 1.54) is 57.8 Å². The minimum Gasteiger partial charge on any atom is -0.411 e. The van der Waals surface area contributed by atoms with Gasteiger partial charge in [0.1, 0.15) is 0 Å². The first kappa shape index (κ1) is 17.2. The van der Waals surface area contributed by atoms with Gasteiger partial charge >= 0.3 is 0 Å². The summed E-state index contributed by atoms with van der Waals surface area (Å²) in [5.41, 5.74) is 0.984. The van der Waals surface area contributed by atoms with Crippen LogP contribution >= 0.6 is 0 Å². The van der Waals surface area contributed by atoms with Crippen molar-refractivity contribution in [1.29, 1.82) is 0 Å². The van der Waals surface area contributed by atoms with Crippen LogP contribution in [0.2, 0.25) is 0 Å². The molecule has 0 atom stereocenters. The maximum absolute atomic E-state index is 8.98. The number of ether oxygens (including phenoxy) is 1. The fraction of sp³-hybridized carbons (Fsp3) is 0.955. The molecule has 6 saturated carbocycles. The minimum absolute atomic E-state index is 0.419. The zero-order valence-electron chi connectivity index (χ0n) is 16.3. The lowest BCUT2D eigenvalue weighted by molar-refractivity contribution is -0.390. The lowest BCUT2D eigenvalue weighted by Crippen LogP contribution is -2.59.